The van der Waals surface area contributed by atoms with Crippen molar-refractivity contribution in [3.8, 4) is 0 Å². The molecule has 0 amide bonds. The number of hydrogen-bond donors (Lipinski definition) is 0. The summed E-state index contributed by atoms with van der Waals surface area (Å²) in [7, 11) is 0. The van der Waals surface area contributed by atoms with Crippen molar-refractivity contribution in [2.24, 2.45) is 0 Å². The van der Waals surface area contributed by atoms with Crippen LogP contribution in [0.15, 0.2) is 0 Å². The summed E-state index contributed by atoms with van der Waals surface area (Å²) in [4.78, 5) is 2.59. The van der Waals surface area contributed by atoms with Gasteiger partial charge in [-0.15, -0.1) is 11.8 Å². The van der Waals surface area contributed by atoms with E-state index in [2.05, 4.69) is 35.3 Å². The van der Waals surface area contributed by atoms with Gasteiger partial charge in [-0.3, -0.25) is 4.90 Å². The molecule has 0 aliphatic carbocycles. The van der Waals surface area contributed by atoms with E-state index in [1.165, 1.54) is 61.9 Å². The van der Waals surface area contributed by atoms with Crippen molar-refractivity contribution in [3.63, 3.8) is 0 Å². The smallest absolute Gasteiger partial charge is 0.0445 e. The third-order valence-corrected chi connectivity index (χ3v) is 4.55. The zero-order valence-electron chi connectivity index (χ0n) is 9.33. The highest BCUT2D eigenvalue weighted by atomic mass is 32.2. The van der Waals surface area contributed by atoms with Crippen LogP contribution in [0.5, 0.6) is 0 Å². The Labute approximate surface area is 97.4 Å². The lowest BCUT2D eigenvalue weighted by Crippen LogP contribution is -2.20. The molecule has 1 saturated heterocycles. The summed E-state index contributed by atoms with van der Waals surface area (Å²) < 4.78 is 0. The number of thioether (sulfide) groups is 2. The molecule has 0 aromatic carbocycles. The van der Waals surface area contributed by atoms with Gasteiger partial charge in [-0.25, -0.2) is 0 Å². The summed E-state index contributed by atoms with van der Waals surface area (Å²) in [6, 6.07) is 0. The van der Waals surface area contributed by atoms with Gasteiger partial charge in [0.25, 0.3) is 0 Å². The summed E-state index contributed by atoms with van der Waals surface area (Å²) in [5.74, 6) is 5.29. The molecule has 0 unspecified atom stereocenters. The van der Waals surface area contributed by atoms with Gasteiger partial charge >= 0.3 is 0 Å². The molecule has 1 rings (SSSR count). The Hall–Kier alpha value is 0.660. The Kier molecular flexibility index (Phi) is 8.12. The number of rotatable bonds is 8. The fourth-order valence-corrected chi connectivity index (χ4v) is 3.40. The molecule has 0 N–H and O–H groups in total. The Morgan fingerprint density at radius 2 is 2.07 bits per heavy atom. The van der Waals surface area contributed by atoms with Crippen molar-refractivity contribution in [1.29, 1.82) is 0 Å². The van der Waals surface area contributed by atoms with Gasteiger partial charge in [-0.2, -0.15) is 11.8 Å². The Bertz CT molecular complexity index is 124. The van der Waals surface area contributed by atoms with Gasteiger partial charge in [0, 0.05) is 18.2 Å². The summed E-state index contributed by atoms with van der Waals surface area (Å²) in [5, 5.41) is 0. The average Bonchev–Trinajstić information content (AvgIpc) is 2.69. The molecule has 0 bridgehead atoms. The maximum absolute atomic E-state index is 2.59. The van der Waals surface area contributed by atoms with Gasteiger partial charge in [0.1, 0.15) is 0 Å². The van der Waals surface area contributed by atoms with Crippen molar-refractivity contribution < 1.29 is 0 Å². The van der Waals surface area contributed by atoms with E-state index in [0.717, 1.165) is 0 Å². The summed E-state index contributed by atoms with van der Waals surface area (Å²) in [6.07, 6.45) is 5.71. The molecule has 0 aromatic rings. The van der Waals surface area contributed by atoms with Crippen molar-refractivity contribution in [2.45, 2.75) is 32.6 Å². The molecule has 14 heavy (non-hydrogen) atoms. The Morgan fingerprint density at radius 3 is 2.79 bits per heavy atom. The van der Waals surface area contributed by atoms with Gasteiger partial charge in [0.2, 0.25) is 0 Å². The van der Waals surface area contributed by atoms with Crippen LogP contribution in [0.25, 0.3) is 0 Å². The molecule has 0 atom stereocenters. The second-order valence-corrected chi connectivity index (χ2v) is 6.24. The summed E-state index contributed by atoms with van der Waals surface area (Å²) >= 11 is 4.16. The molecule has 0 radical (unpaired) electrons. The standard InChI is InChI=1S/C11H23NS2/c1-2-13-9-6-4-3-5-7-12-8-10-14-11-12/h2-11H2,1H3. The lowest BCUT2D eigenvalue weighted by Gasteiger charge is -2.12. The predicted molar refractivity (Wildman–Crippen MR) is 70.4 cm³/mol. The lowest BCUT2D eigenvalue weighted by molar-refractivity contribution is 0.344. The van der Waals surface area contributed by atoms with E-state index in [0.29, 0.717) is 0 Å². The van der Waals surface area contributed by atoms with E-state index >= 15 is 0 Å². The van der Waals surface area contributed by atoms with Gasteiger partial charge in [0.05, 0.1) is 0 Å². The number of unbranched alkanes of at least 4 members (excludes halogenated alkanes) is 3. The highest BCUT2D eigenvalue weighted by Gasteiger charge is 2.10. The van der Waals surface area contributed by atoms with E-state index in [9.17, 15) is 0 Å². The minimum absolute atomic E-state index is 1.28. The maximum atomic E-state index is 2.59. The molecular weight excluding hydrogens is 210 g/mol. The third kappa shape index (κ3) is 6.20. The molecule has 1 nitrogen and oxygen atoms in total. The van der Waals surface area contributed by atoms with Gasteiger partial charge in [-0.05, 0) is 30.9 Å². The average molecular weight is 233 g/mol. The first-order chi connectivity index (χ1) is 6.93. The van der Waals surface area contributed by atoms with Crippen LogP contribution >= 0.6 is 23.5 Å². The normalized spacial score (nSPS) is 17.8. The van der Waals surface area contributed by atoms with Gasteiger partial charge in [-0.1, -0.05) is 19.8 Å². The molecule has 1 aliphatic rings. The van der Waals surface area contributed by atoms with Crippen LogP contribution in [-0.2, 0) is 0 Å². The predicted octanol–water partition coefficient (Wildman–Crippen LogP) is 3.31. The highest BCUT2D eigenvalue weighted by molar-refractivity contribution is 7.99. The van der Waals surface area contributed by atoms with Crippen LogP contribution in [0.1, 0.15) is 32.6 Å². The minimum atomic E-state index is 1.28. The van der Waals surface area contributed by atoms with Gasteiger partial charge in [0.15, 0.2) is 0 Å². The van der Waals surface area contributed by atoms with Crippen molar-refractivity contribution >= 4 is 23.5 Å². The largest absolute Gasteiger partial charge is 0.293 e. The van der Waals surface area contributed by atoms with Crippen LogP contribution < -0.4 is 0 Å². The maximum Gasteiger partial charge on any atom is 0.0445 e. The fourth-order valence-electron chi connectivity index (χ4n) is 1.67. The zero-order chi connectivity index (χ0) is 10.1. The highest BCUT2D eigenvalue weighted by Crippen LogP contribution is 2.14. The van der Waals surface area contributed by atoms with Crippen LogP contribution in [0, 0.1) is 0 Å². The van der Waals surface area contributed by atoms with E-state index < -0.39 is 0 Å². The van der Waals surface area contributed by atoms with E-state index in [1.807, 2.05) is 0 Å². The monoisotopic (exact) mass is 233 g/mol. The van der Waals surface area contributed by atoms with Crippen molar-refractivity contribution in [1.82, 2.24) is 4.90 Å². The van der Waals surface area contributed by atoms with E-state index in [-0.39, 0.29) is 0 Å². The van der Waals surface area contributed by atoms with Crippen LogP contribution in [-0.4, -0.2) is 41.1 Å². The summed E-state index contributed by atoms with van der Waals surface area (Å²) in [5.41, 5.74) is 0. The SMILES string of the molecule is CCSCCCCCCN1CCSC1. The molecule has 1 fully saturated rings. The van der Waals surface area contributed by atoms with Gasteiger partial charge < -0.3 is 0 Å². The van der Waals surface area contributed by atoms with Crippen molar-refractivity contribution in [3.05, 3.63) is 0 Å². The van der Waals surface area contributed by atoms with E-state index in [4.69, 9.17) is 0 Å². The lowest BCUT2D eigenvalue weighted by atomic mass is 10.2. The molecule has 84 valence electrons. The van der Waals surface area contributed by atoms with Crippen LogP contribution in [0.2, 0.25) is 0 Å². The number of hydrogen-bond acceptors (Lipinski definition) is 3. The zero-order valence-corrected chi connectivity index (χ0v) is 11.0. The molecule has 1 aliphatic heterocycles. The van der Waals surface area contributed by atoms with E-state index in [1.54, 1.807) is 0 Å². The third-order valence-electron chi connectivity index (χ3n) is 2.54. The second kappa shape index (κ2) is 8.93. The first-order valence-electron chi connectivity index (χ1n) is 5.81. The molecular formula is C11H23NS2. The Morgan fingerprint density at radius 1 is 1.21 bits per heavy atom. The van der Waals surface area contributed by atoms with Crippen LogP contribution in [0.3, 0.4) is 0 Å². The number of nitrogens with zero attached hydrogens (tertiary/aromatic N) is 1. The minimum Gasteiger partial charge on any atom is -0.293 e. The van der Waals surface area contributed by atoms with Crippen molar-refractivity contribution in [2.75, 3.05) is 36.2 Å². The Balaban J connectivity index is 1.75. The first kappa shape index (κ1) is 12.7. The van der Waals surface area contributed by atoms with Crippen LogP contribution in [0.4, 0.5) is 0 Å². The topological polar surface area (TPSA) is 3.24 Å². The molecule has 1 heterocycles. The first-order valence-corrected chi connectivity index (χ1v) is 8.12. The summed E-state index contributed by atoms with van der Waals surface area (Å²) in [6.45, 7) is 4.92. The quantitative estimate of drug-likeness (QED) is 0.592. The fraction of sp³-hybridized carbons (Fsp3) is 1.00. The molecule has 0 aromatic heterocycles. The molecule has 3 heteroatoms. The second-order valence-electron chi connectivity index (χ2n) is 3.77. The molecule has 0 spiro atoms. The molecule has 0 saturated carbocycles.